The van der Waals surface area contributed by atoms with E-state index in [9.17, 15) is 24.3 Å². The molecule has 60 heavy (non-hydrogen) atoms. The standard InChI is InChI=1S/C42H54ClN7O9S/c1-5-25-21-42(25,38(53)54)48-36(51)29-19-27(22-50(29)37(52)35(41(2,3)4)47-40(55)59-26-17-23-16-24(23)18-26)58-31-20-32(60-39-44-8-9-45-39)46-34-28(31)6-7-30(33(34)43)57-15-12-49-10-13-56-14-11-49/h6-9,20,23-27,29,35H,5,10-19,21-22H2,1-4H3,(H,44,45)(H,47,55)(H,48,51)(H,53,54)/t23-,24+,25-,26?,27-,29+,35-,42-/m1/s1. The van der Waals surface area contributed by atoms with Gasteiger partial charge in [-0.05, 0) is 72.7 Å². The average Bonchev–Trinajstić information content (AvgIpc) is 3.85. The number of halogens is 1. The van der Waals surface area contributed by atoms with E-state index in [4.69, 9.17) is 35.5 Å². The largest absolute Gasteiger partial charge is 0.491 e. The number of carbonyl (C=O) groups excluding carboxylic acids is 3. The second-order valence-electron chi connectivity index (χ2n) is 17.8. The van der Waals surface area contributed by atoms with Crippen LogP contribution in [0.5, 0.6) is 11.5 Å². The lowest BCUT2D eigenvalue weighted by molar-refractivity contribution is -0.146. The predicted octanol–water partition coefficient (Wildman–Crippen LogP) is 5.13. The Bertz CT molecular complexity index is 2090. The second-order valence-corrected chi connectivity index (χ2v) is 19.2. The van der Waals surface area contributed by atoms with Gasteiger partial charge in [-0.15, -0.1) is 0 Å². The minimum atomic E-state index is -1.41. The van der Waals surface area contributed by atoms with Gasteiger partial charge in [-0.3, -0.25) is 14.5 Å². The van der Waals surface area contributed by atoms with Gasteiger partial charge >= 0.3 is 12.1 Å². The van der Waals surface area contributed by atoms with Gasteiger partial charge < -0.3 is 44.6 Å². The van der Waals surface area contributed by atoms with Gasteiger partial charge in [0.15, 0.2) is 5.16 Å². The Labute approximate surface area is 358 Å². The zero-order valence-corrected chi connectivity index (χ0v) is 36.0. The lowest BCUT2D eigenvalue weighted by atomic mass is 9.85. The van der Waals surface area contributed by atoms with E-state index in [-0.39, 0.29) is 25.0 Å². The molecule has 0 spiro atoms. The number of nitrogens with one attached hydrogen (secondary N) is 3. The molecule has 4 N–H and O–H groups in total. The van der Waals surface area contributed by atoms with Crippen LogP contribution in [0, 0.1) is 23.2 Å². The Morgan fingerprint density at radius 1 is 1.10 bits per heavy atom. The molecule has 16 nitrogen and oxygen atoms in total. The van der Waals surface area contributed by atoms with E-state index < -0.39 is 53.0 Å². The number of imidazole rings is 1. The first-order chi connectivity index (χ1) is 28.7. The highest BCUT2D eigenvalue weighted by molar-refractivity contribution is 7.99. The zero-order chi connectivity index (χ0) is 42.3. The van der Waals surface area contributed by atoms with Gasteiger partial charge in [0.25, 0.3) is 0 Å². The first kappa shape index (κ1) is 42.4. The van der Waals surface area contributed by atoms with E-state index in [1.54, 1.807) is 24.5 Å². The molecular weight excluding hydrogens is 814 g/mol. The molecule has 5 aliphatic rings. The maximum atomic E-state index is 14.7. The van der Waals surface area contributed by atoms with Gasteiger partial charge in [-0.2, -0.15) is 0 Å². The molecule has 4 heterocycles. The van der Waals surface area contributed by atoms with Crippen LogP contribution in [0.3, 0.4) is 0 Å². The molecule has 2 aromatic heterocycles. The average molecular weight is 868 g/mol. The van der Waals surface area contributed by atoms with Gasteiger partial charge in [0.2, 0.25) is 11.8 Å². The third-order valence-corrected chi connectivity index (χ3v) is 13.8. The number of aromatic nitrogens is 3. The van der Waals surface area contributed by atoms with Crippen molar-refractivity contribution in [1.82, 2.24) is 35.4 Å². The molecule has 2 saturated heterocycles. The van der Waals surface area contributed by atoms with Crippen molar-refractivity contribution in [3.8, 4) is 11.5 Å². The summed E-state index contributed by atoms with van der Waals surface area (Å²) in [4.78, 5) is 70.7. The number of likely N-dealkylation sites (tertiary alicyclic amines) is 1. The van der Waals surface area contributed by atoms with E-state index in [1.807, 2.05) is 33.8 Å². The lowest BCUT2D eigenvalue weighted by Gasteiger charge is -2.35. The van der Waals surface area contributed by atoms with E-state index in [0.29, 0.717) is 88.6 Å². The summed E-state index contributed by atoms with van der Waals surface area (Å²) in [7, 11) is 0. The van der Waals surface area contributed by atoms with Crippen molar-refractivity contribution in [2.45, 2.75) is 106 Å². The molecule has 3 saturated carbocycles. The second kappa shape index (κ2) is 17.2. The van der Waals surface area contributed by atoms with Crippen LogP contribution in [-0.4, -0.2) is 130 Å². The van der Waals surface area contributed by atoms with Crippen LogP contribution in [0.2, 0.25) is 5.02 Å². The number of fused-ring (bicyclic) bond motifs is 2. The Hall–Kier alpha value is -4.32. The third-order valence-electron chi connectivity index (χ3n) is 12.6. The number of carboxylic acids is 1. The first-order valence-corrected chi connectivity index (χ1v) is 22.1. The number of carboxylic acid groups (broad SMARTS) is 1. The van der Waals surface area contributed by atoms with E-state index in [1.165, 1.54) is 23.1 Å². The number of ether oxygens (including phenoxy) is 4. The van der Waals surface area contributed by atoms with Crippen LogP contribution in [-0.2, 0) is 23.9 Å². The van der Waals surface area contributed by atoms with Crippen molar-refractivity contribution in [1.29, 1.82) is 0 Å². The highest BCUT2D eigenvalue weighted by Gasteiger charge is 2.61. The lowest BCUT2D eigenvalue weighted by Crippen LogP contribution is -2.59. The van der Waals surface area contributed by atoms with E-state index in [2.05, 4.69) is 25.5 Å². The summed E-state index contributed by atoms with van der Waals surface area (Å²) >= 11 is 8.30. The summed E-state index contributed by atoms with van der Waals surface area (Å²) < 4.78 is 24.1. The zero-order valence-electron chi connectivity index (χ0n) is 34.4. The Morgan fingerprint density at radius 2 is 1.87 bits per heavy atom. The number of hydrogen-bond acceptors (Lipinski definition) is 12. The third kappa shape index (κ3) is 9.14. The fourth-order valence-corrected chi connectivity index (χ4v) is 9.99. The van der Waals surface area contributed by atoms with Crippen LogP contribution in [0.15, 0.2) is 40.8 Å². The van der Waals surface area contributed by atoms with Crippen molar-refractivity contribution in [3.63, 3.8) is 0 Å². The number of amides is 3. The van der Waals surface area contributed by atoms with Gasteiger partial charge in [0, 0.05) is 49.9 Å². The molecule has 8 rings (SSSR count). The number of aliphatic carboxylic acids is 1. The van der Waals surface area contributed by atoms with Gasteiger partial charge in [-0.25, -0.2) is 19.6 Å². The smallest absolute Gasteiger partial charge is 0.408 e. The van der Waals surface area contributed by atoms with Crippen molar-refractivity contribution in [2.75, 3.05) is 46.0 Å². The predicted molar refractivity (Wildman–Crippen MR) is 221 cm³/mol. The minimum absolute atomic E-state index is 0.0234. The number of carbonyl (C=O) groups is 4. The number of pyridine rings is 1. The summed E-state index contributed by atoms with van der Waals surface area (Å²) in [6.07, 6.45) is 5.49. The molecule has 324 valence electrons. The maximum absolute atomic E-state index is 14.7. The first-order valence-electron chi connectivity index (χ1n) is 21.0. The number of nitrogens with zero attached hydrogens (tertiary/aromatic N) is 4. The quantitative estimate of drug-likeness (QED) is 0.157. The summed E-state index contributed by atoms with van der Waals surface area (Å²) in [5.74, 6) is -0.356. The molecule has 0 bridgehead atoms. The van der Waals surface area contributed by atoms with Gasteiger partial charge in [-0.1, -0.05) is 45.7 Å². The maximum Gasteiger partial charge on any atom is 0.408 e. The monoisotopic (exact) mass is 867 g/mol. The summed E-state index contributed by atoms with van der Waals surface area (Å²) in [5, 5.41) is 17.8. The molecule has 3 aromatic rings. The van der Waals surface area contributed by atoms with E-state index in [0.717, 1.165) is 25.9 Å². The summed E-state index contributed by atoms with van der Waals surface area (Å²) in [6, 6.07) is 3.21. The van der Waals surface area contributed by atoms with Gasteiger partial charge in [0.1, 0.15) is 58.0 Å². The number of rotatable bonds is 15. The molecule has 1 aromatic carbocycles. The normalized spacial score (nSPS) is 27.9. The number of morpholine rings is 1. The summed E-state index contributed by atoms with van der Waals surface area (Å²) in [5.41, 5.74) is -1.76. The molecule has 0 radical (unpaired) electrons. The molecule has 8 atom stereocenters. The van der Waals surface area contributed by atoms with Crippen LogP contribution in [0.1, 0.15) is 66.2 Å². The molecule has 3 aliphatic carbocycles. The molecule has 3 amide bonds. The number of alkyl carbamates (subject to hydrolysis) is 1. The minimum Gasteiger partial charge on any atom is -0.491 e. The topological polar surface area (TPSA) is 198 Å². The Balaban J connectivity index is 1.06. The highest BCUT2D eigenvalue weighted by Crippen LogP contribution is 2.52. The van der Waals surface area contributed by atoms with Crippen molar-refractivity contribution in [2.24, 2.45) is 23.2 Å². The highest BCUT2D eigenvalue weighted by atomic mass is 35.5. The number of aromatic amines is 1. The Morgan fingerprint density at radius 3 is 2.53 bits per heavy atom. The summed E-state index contributed by atoms with van der Waals surface area (Å²) in [6.45, 7) is 11.5. The van der Waals surface area contributed by atoms with Crippen molar-refractivity contribution >= 4 is 58.1 Å². The van der Waals surface area contributed by atoms with E-state index >= 15 is 0 Å². The van der Waals surface area contributed by atoms with Crippen LogP contribution in [0.25, 0.3) is 10.9 Å². The Kier molecular flexibility index (Phi) is 12.2. The molecule has 5 fully saturated rings. The molecular formula is C42H54ClN7O9S. The number of H-pyrrole nitrogens is 1. The molecule has 1 unspecified atom stereocenters. The molecule has 18 heteroatoms. The molecule has 2 aliphatic heterocycles. The van der Waals surface area contributed by atoms with Gasteiger partial charge in [0.05, 0.1) is 25.3 Å². The van der Waals surface area contributed by atoms with Crippen molar-refractivity contribution in [3.05, 3.63) is 35.6 Å². The number of benzene rings is 1. The van der Waals surface area contributed by atoms with Crippen LogP contribution < -0.4 is 20.1 Å². The SMILES string of the molecule is CC[C@@H]1C[C@]1(NC(=O)[C@@H]1C[C@@H](Oc2cc(Sc3ncc[nH]3)nc3c(Cl)c(OCCN4CCOCC4)ccc23)CN1C(=O)[C@@H](NC(=O)OC1C[C@@H]2C[C@@H]2C1)C(C)(C)C)C(=O)O. The van der Waals surface area contributed by atoms with Crippen molar-refractivity contribution < 1.29 is 43.2 Å². The van der Waals surface area contributed by atoms with Crippen LogP contribution >= 0.6 is 23.4 Å². The fraction of sp³-hybridized carbons (Fsp3) is 0.619. The van der Waals surface area contributed by atoms with Crippen LogP contribution in [0.4, 0.5) is 4.79 Å². The number of hydrogen-bond donors (Lipinski definition) is 4. The fourth-order valence-electron chi connectivity index (χ4n) is 8.98.